The van der Waals surface area contributed by atoms with E-state index in [1.165, 1.54) is 4.68 Å². The van der Waals surface area contributed by atoms with E-state index in [1.54, 1.807) is 12.3 Å². The van der Waals surface area contributed by atoms with Crippen LogP contribution in [0.3, 0.4) is 0 Å². The van der Waals surface area contributed by atoms with E-state index in [4.69, 9.17) is 4.98 Å². The molecule has 5 nitrogen and oxygen atoms in total. The summed E-state index contributed by atoms with van der Waals surface area (Å²) in [4.78, 5) is 17.7. The molecular weight excluding hydrogens is 324 g/mol. The summed E-state index contributed by atoms with van der Waals surface area (Å²) >= 11 is 0. The molecule has 0 radical (unpaired) electrons. The van der Waals surface area contributed by atoms with Gasteiger partial charge in [0, 0.05) is 18.3 Å². The quantitative estimate of drug-likeness (QED) is 0.530. The molecule has 0 aliphatic heterocycles. The predicted molar refractivity (Wildman–Crippen MR) is 105 cm³/mol. The van der Waals surface area contributed by atoms with Gasteiger partial charge in [0.2, 0.25) is 0 Å². The van der Waals surface area contributed by atoms with E-state index in [9.17, 15) is 4.79 Å². The Labute approximate surface area is 150 Å². The lowest BCUT2D eigenvalue weighted by atomic mass is 10.2. The summed E-state index contributed by atoms with van der Waals surface area (Å²) in [5.74, 6) is 0.528. The van der Waals surface area contributed by atoms with Crippen LogP contribution in [0.1, 0.15) is 12.6 Å². The summed E-state index contributed by atoms with van der Waals surface area (Å²) in [7, 11) is 0. The first-order valence-corrected chi connectivity index (χ1v) is 8.54. The van der Waals surface area contributed by atoms with E-state index in [0.717, 1.165) is 17.8 Å². The molecule has 0 fully saturated rings. The number of aryl methyl sites for hydroxylation is 1. The standard InChI is InChI=1S/C21H18N4O/c1-2-24-14-8-11-17(24)15-22-25-20(16-9-4-3-5-10-16)23-19-13-7-6-12-18(19)21(25)26/h3-15H,2H2,1H3. The molecule has 0 N–H and O–H groups in total. The molecule has 0 bridgehead atoms. The second-order valence-corrected chi connectivity index (χ2v) is 5.90. The van der Waals surface area contributed by atoms with Gasteiger partial charge in [-0.1, -0.05) is 42.5 Å². The largest absolute Gasteiger partial charge is 0.347 e. The van der Waals surface area contributed by atoms with Gasteiger partial charge in [-0.3, -0.25) is 4.79 Å². The van der Waals surface area contributed by atoms with Crippen molar-refractivity contribution in [2.75, 3.05) is 0 Å². The predicted octanol–water partition coefficient (Wildman–Crippen LogP) is 3.77. The Morgan fingerprint density at radius 2 is 1.77 bits per heavy atom. The maximum absolute atomic E-state index is 13.0. The van der Waals surface area contributed by atoms with Crippen LogP contribution in [0.15, 0.2) is 82.8 Å². The fourth-order valence-corrected chi connectivity index (χ4v) is 2.95. The average molecular weight is 342 g/mol. The van der Waals surface area contributed by atoms with Crippen molar-refractivity contribution in [2.45, 2.75) is 13.5 Å². The zero-order valence-electron chi connectivity index (χ0n) is 14.4. The van der Waals surface area contributed by atoms with Gasteiger partial charge < -0.3 is 4.57 Å². The van der Waals surface area contributed by atoms with Gasteiger partial charge >= 0.3 is 0 Å². The highest BCUT2D eigenvalue weighted by atomic mass is 16.1. The molecule has 4 rings (SSSR count). The normalized spacial score (nSPS) is 11.4. The van der Waals surface area contributed by atoms with Gasteiger partial charge in [-0.15, -0.1) is 0 Å². The molecule has 2 heterocycles. The minimum Gasteiger partial charge on any atom is -0.347 e. The SMILES string of the molecule is CCn1cccc1C=Nn1c(-c2ccccc2)nc2ccccc2c1=O. The number of fused-ring (bicyclic) bond motifs is 1. The molecule has 128 valence electrons. The highest BCUT2D eigenvalue weighted by molar-refractivity contribution is 5.81. The molecule has 0 saturated heterocycles. The van der Waals surface area contributed by atoms with Crippen molar-refractivity contribution in [1.29, 1.82) is 0 Å². The lowest BCUT2D eigenvalue weighted by Crippen LogP contribution is -2.20. The maximum atomic E-state index is 13.0. The molecule has 0 aliphatic carbocycles. The van der Waals surface area contributed by atoms with Gasteiger partial charge in [0.05, 0.1) is 22.8 Å². The summed E-state index contributed by atoms with van der Waals surface area (Å²) in [6.45, 7) is 2.90. The zero-order chi connectivity index (χ0) is 17.9. The molecule has 0 amide bonds. The van der Waals surface area contributed by atoms with Crippen LogP contribution in [0.5, 0.6) is 0 Å². The molecule has 0 aliphatic rings. The van der Waals surface area contributed by atoms with Crippen molar-refractivity contribution < 1.29 is 0 Å². The Morgan fingerprint density at radius 1 is 1.00 bits per heavy atom. The van der Waals surface area contributed by atoms with Crippen LogP contribution in [0.25, 0.3) is 22.3 Å². The van der Waals surface area contributed by atoms with Gasteiger partial charge in [-0.05, 0) is 31.2 Å². The third-order valence-electron chi connectivity index (χ3n) is 4.30. The lowest BCUT2D eigenvalue weighted by molar-refractivity contribution is 0.759. The number of para-hydroxylation sites is 1. The van der Waals surface area contributed by atoms with Crippen LogP contribution in [-0.4, -0.2) is 20.4 Å². The Kier molecular flexibility index (Phi) is 4.19. The topological polar surface area (TPSA) is 52.2 Å². The first-order valence-electron chi connectivity index (χ1n) is 8.54. The molecule has 5 heteroatoms. The summed E-state index contributed by atoms with van der Waals surface area (Å²) < 4.78 is 3.44. The minimum atomic E-state index is -0.180. The van der Waals surface area contributed by atoms with Crippen molar-refractivity contribution in [2.24, 2.45) is 5.10 Å². The first kappa shape index (κ1) is 16.0. The number of nitrogens with zero attached hydrogens (tertiary/aromatic N) is 4. The fourth-order valence-electron chi connectivity index (χ4n) is 2.95. The summed E-state index contributed by atoms with van der Waals surface area (Å²) in [5, 5.41) is 5.03. The van der Waals surface area contributed by atoms with Crippen LogP contribution >= 0.6 is 0 Å². The van der Waals surface area contributed by atoms with Gasteiger partial charge in [0.1, 0.15) is 0 Å². The number of hydrogen-bond donors (Lipinski definition) is 0. The highest BCUT2D eigenvalue weighted by Gasteiger charge is 2.12. The minimum absolute atomic E-state index is 0.180. The Morgan fingerprint density at radius 3 is 2.58 bits per heavy atom. The smallest absolute Gasteiger partial charge is 0.282 e. The second kappa shape index (κ2) is 6.80. The Balaban J connectivity index is 1.94. The van der Waals surface area contributed by atoms with Crippen molar-refractivity contribution in [3.63, 3.8) is 0 Å². The van der Waals surface area contributed by atoms with Crippen molar-refractivity contribution in [3.05, 3.63) is 89.0 Å². The summed E-state index contributed by atoms with van der Waals surface area (Å²) in [6, 6.07) is 20.9. The van der Waals surface area contributed by atoms with Gasteiger partial charge in [-0.2, -0.15) is 9.78 Å². The number of benzene rings is 2. The van der Waals surface area contributed by atoms with Gasteiger partial charge in [-0.25, -0.2) is 4.98 Å². The van der Waals surface area contributed by atoms with E-state index in [2.05, 4.69) is 16.6 Å². The molecule has 0 atom stereocenters. The third-order valence-corrected chi connectivity index (χ3v) is 4.30. The van der Waals surface area contributed by atoms with Crippen molar-refractivity contribution in [1.82, 2.24) is 14.2 Å². The Bertz CT molecular complexity index is 1140. The number of aromatic nitrogens is 3. The molecule has 2 aromatic heterocycles. The van der Waals surface area contributed by atoms with E-state index in [0.29, 0.717) is 16.7 Å². The van der Waals surface area contributed by atoms with Gasteiger partial charge in [0.25, 0.3) is 5.56 Å². The molecular formula is C21H18N4O. The monoisotopic (exact) mass is 342 g/mol. The molecule has 26 heavy (non-hydrogen) atoms. The fraction of sp³-hybridized carbons (Fsp3) is 0.0952. The van der Waals surface area contributed by atoms with E-state index < -0.39 is 0 Å². The number of rotatable bonds is 4. The molecule has 2 aromatic carbocycles. The summed E-state index contributed by atoms with van der Waals surface area (Å²) in [6.07, 6.45) is 3.69. The maximum Gasteiger partial charge on any atom is 0.282 e. The molecule has 0 unspecified atom stereocenters. The summed E-state index contributed by atoms with van der Waals surface area (Å²) in [5.41, 5.74) is 2.27. The van der Waals surface area contributed by atoms with Crippen LogP contribution < -0.4 is 5.56 Å². The highest BCUT2D eigenvalue weighted by Crippen LogP contribution is 2.18. The van der Waals surface area contributed by atoms with E-state index in [1.807, 2.05) is 66.9 Å². The second-order valence-electron chi connectivity index (χ2n) is 5.90. The average Bonchev–Trinajstić information content (AvgIpc) is 3.15. The van der Waals surface area contributed by atoms with E-state index >= 15 is 0 Å². The van der Waals surface area contributed by atoms with Crippen LogP contribution in [0.4, 0.5) is 0 Å². The Hall–Kier alpha value is -3.47. The molecule has 0 saturated carbocycles. The number of hydrogen-bond acceptors (Lipinski definition) is 3. The van der Waals surface area contributed by atoms with E-state index in [-0.39, 0.29) is 5.56 Å². The third kappa shape index (κ3) is 2.84. The van der Waals surface area contributed by atoms with Crippen molar-refractivity contribution >= 4 is 17.1 Å². The molecule has 4 aromatic rings. The first-order chi connectivity index (χ1) is 12.8. The zero-order valence-corrected chi connectivity index (χ0v) is 14.4. The van der Waals surface area contributed by atoms with Gasteiger partial charge in [0.15, 0.2) is 5.82 Å². The van der Waals surface area contributed by atoms with Crippen LogP contribution in [-0.2, 0) is 6.54 Å². The van der Waals surface area contributed by atoms with Crippen molar-refractivity contribution in [3.8, 4) is 11.4 Å². The lowest BCUT2D eigenvalue weighted by Gasteiger charge is -2.09. The molecule has 0 spiro atoms. The van der Waals surface area contributed by atoms with Crippen LogP contribution in [0.2, 0.25) is 0 Å². The van der Waals surface area contributed by atoms with Crippen LogP contribution in [0, 0.1) is 0 Å².